The third kappa shape index (κ3) is 4.56. The van der Waals surface area contributed by atoms with E-state index in [0.29, 0.717) is 25.2 Å². The Morgan fingerprint density at radius 3 is 2.46 bits per heavy atom. The summed E-state index contributed by atoms with van der Waals surface area (Å²) in [5.74, 6) is -1.18. The summed E-state index contributed by atoms with van der Waals surface area (Å²) < 4.78 is 26.7. The van der Waals surface area contributed by atoms with Crippen LogP contribution in [0.3, 0.4) is 0 Å². The molecule has 0 saturated carbocycles. The van der Waals surface area contributed by atoms with Crippen LogP contribution >= 0.6 is 0 Å². The molecule has 6 nitrogen and oxygen atoms in total. The number of hydrogen-bond donors (Lipinski definition) is 3. The first-order chi connectivity index (χ1) is 11.4. The summed E-state index contributed by atoms with van der Waals surface area (Å²) in [6.07, 6.45) is 0.654. The number of hydrogen-bond acceptors (Lipinski definition) is 4. The molecule has 3 N–H and O–H groups in total. The van der Waals surface area contributed by atoms with Crippen LogP contribution in [-0.4, -0.2) is 26.0 Å². The van der Waals surface area contributed by atoms with E-state index < -0.39 is 16.0 Å². The molecule has 0 aliphatic rings. The number of carboxylic acid groups (broad SMARTS) is 1. The van der Waals surface area contributed by atoms with Gasteiger partial charge in [-0.3, -0.25) is 0 Å². The van der Waals surface area contributed by atoms with Crippen LogP contribution in [0, 0.1) is 0 Å². The Labute approximate surface area is 141 Å². The lowest BCUT2D eigenvalue weighted by Crippen LogP contribution is -2.24. The van der Waals surface area contributed by atoms with Crippen LogP contribution < -0.4 is 10.0 Å². The van der Waals surface area contributed by atoms with E-state index in [9.17, 15) is 18.3 Å². The molecule has 2 aromatic carbocycles. The molecule has 128 valence electrons. The standard InChI is InChI=1S/C17H20N2O4S/c1-2-10-19-24(22,23)14-8-9-16(15(11-14)17(20)21)18-12-13-6-4-3-5-7-13/h3-9,11,18-19H,2,10,12H2,1H3,(H,20,21). The summed E-state index contributed by atoms with van der Waals surface area (Å²) in [5.41, 5.74) is 1.29. The highest BCUT2D eigenvalue weighted by Crippen LogP contribution is 2.21. The molecule has 0 aromatic heterocycles. The van der Waals surface area contributed by atoms with Crippen molar-refractivity contribution >= 4 is 21.7 Å². The van der Waals surface area contributed by atoms with Crippen molar-refractivity contribution in [2.24, 2.45) is 0 Å². The zero-order chi connectivity index (χ0) is 17.6. The van der Waals surface area contributed by atoms with Crippen molar-refractivity contribution < 1.29 is 18.3 Å². The van der Waals surface area contributed by atoms with E-state index in [0.717, 1.165) is 5.56 Å². The lowest BCUT2D eigenvalue weighted by molar-refractivity contribution is 0.0697. The highest BCUT2D eigenvalue weighted by atomic mass is 32.2. The zero-order valence-electron chi connectivity index (χ0n) is 13.3. The number of sulfonamides is 1. The summed E-state index contributed by atoms with van der Waals surface area (Å²) in [6, 6.07) is 13.6. The second kappa shape index (κ2) is 7.94. The van der Waals surface area contributed by atoms with Crippen molar-refractivity contribution in [3.8, 4) is 0 Å². The van der Waals surface area contributed by atoms with Crippen LogP contribution in [0.1, 0.15) is 29.3 Å². The smallest absolute Gasteiger partial charge is 0.337 e. The van der Waals surface area contributed by atoms with Crippen molar-refractivity contribution in [1.82, 2.24) is 4.72 Å². The van der Waals surface area contributed by atoms with E-state index in [2.05, 4.69) is 10.0 Å². The van der Waals surface area contributed by atoms with Gasteiger partial charge in [0.2, 0.25) is 10.0 Å². The Hall–Kier alpha value is -2.38. The summed E-state index contributed by atoms with van der Waals surface area (Å²) in [4.78, 5) is 11.4. The number of aromatic carboxylic acids is 1. The average Bonchev–Trinajstić information content (AvgIpc) is 2.59. The normalized spacial score (nSPS) is 11.2. The van der Waals surface area contributed by atoms with Crippen molar-refractivity contribution in [1.29, 1.82) is 0 Å². The summed E-state index contributed by atoms with van der Waals surface area (Å²) in [5, 5.41) is 12.4. The second-order valence-electron chi connectivity index (χ2n) is 5.25. The molecule has 24 heavy (non-hydrogen) atoms. The second-order valence-corrected chi connectivity index (χ2v) is 7.02. The summed E-state index contributed by atoms with van der Waals surface area (Å²) >= 11 is 0. The van der Waals surface area contributed by atoms with Gasteiger partial charge in [0.05, 0.1) is 10.5 Å². The fraction of sp³-hybridized carbons (Fsp3) is 0.235. The van der Waals surface area contributed by atoms with E-state index in [1.54, 1.807) is 0 Å². The number of benzene rings is 2. The average molecular weight is 348 g/mol. The Kier molecular flexibility index (Phi) is 5.94. The van der Waals surface area contributed by atoms with Crippen molar-refractivity contribution in [3.05, 3.63) is 59.7 Å². The van der Waals surface area contributed by atoms with Crippen LogP contribution in [0.4, 0.5) is 5.69 Å². The molecule has 0 atom stereocenters. The topological polar surface area (TPSA) is 95.5 Å². The fourth-order valence-corrected chi connectivity index (χ4v) is 3.29. The lowest BCUT2D eigenvalue weighted by atomic mass is 10.1. The molecule has 0 bridgehead atoms. The SMILES string of the molecule is CCCNS(=O)(=O)c1ccc(NCc2ccccc2)c(C(=O)O)c1. The van der Waals surface area contributed by atoms with Gasteiger partial charge < -0.3 is 10.4 Å². The predicted molar refractivity (Wildman–Crippen MR) is 92.6 cm³/mol. The molecule has 2 aromatic rings. The van der Waals surface area contributed by atoms with Gasteiger partial charge >= 0.3 is 5.97 Å². The molecular weight excluding hydrogens is 328 g/mol. The Bertz CT molecular complexity index is 805. The number of carbonyl (C=O) groups is 1. The Morgan fingerprint density at radius 1 is 1.12 bits per heavy atom. The van der Waals surface area contributed by atoms with Gasteiger partial charge in [0.25, 0.3) is 0 Å². The van der Waals surface area contributed by atoms with Gasteiger partial charge in [-0.15, -0.1) is 0 Å². The molecule has 2 rings (SSSR count). The van der Waals surface area contributed by atoms with Crippen LogP contribution in [0.5, 0.6) is 0 Å². The minimum Gasteiger partial charge on any atom is -0.478 e. The van der Waals surface area contributed by atoms with E-state index >= 15 is 0 Å². The van der Waals surface area contributed by atoms with Crippen LogP contribution in [0.25, 0.3) is 0 Å². The van der Waals surface area contributed by atoms with Gasteiger partial charge in [0, 0.05) is 18.8 Å². The quantitative estimate of drug-likeness (QED) is 0.682. The first-order valence-corrected chi connectivity index (χ1v) is 9.07. The van der Waals surface area contributed by atoms with Gasteiger partial charge in [-0.05, 0) is 30.2 Å². The first kappa shape index (κ1) is 18.0. The minimum absolute atomic E-state index is 0.0568. The molecule has 0 fully saturated rings. The third-order valence-electron chi connectivity index (χ3n) is 3.40. The van der Waals surface area contributed by atoms with Gasteiger partial charge in [-0.1, -0.05) is 37.3 Å². The molecule has 0 spiro atoms. The number of anilines is 1. The maximum Gasteiger partial charge on any atom is 0.337 e. The Morgan fingerprint density at radius 2 is 1.83 bits per heavy atom. The predicted octanol–water partition coefficient (Wildman–Crippen LogP) is 2.69. The first-order valence-electron chi connectivity index (χ1n) is 7.59. The molecule has 0 saturated heterocycles. The van der Waals surface area contributed by atoms with Gasteiger partial charge in [-0.25, -0.2) is 17.9 Å². The molecule has 0 unspecified atom stereocenters. The van der Waals surface area contributed by atoms with E-state index in [1.807, 2.05) is 37.3 Å². The lowest BCUT2D eigenvalue weighted by Gasteiger charge is -2.12. The van der Waals surface area contributed by atoms with Crippen molar-refractivity contribution in [2.45, 2.75) is 24.8 Å². The van der Waals surface area contributed by atoms with Crippen molar-refractivity contribution in [3.63, 3.8) is 0 Å². The highest BCUT2D eigenvalue weighted by molar-refractivity contribution is 7.89. The molecule has 0 aliphatic heterocycles. The minimum atomic E-state index is -3.70. The number of rotatable bonds is 8. The van der Waals surface area contributed by atoms with E-state index in [-0.39, 0.29) is 10.5 Å². The molecule has 0 amide bonds. The van der Waals surface area contributed by atoms with Crippen LogP contribution in [0.2, 0.25) is 0 Å². The molecule has 0 heterocycles. The maximum atomic E-state index is 12.1. The van der Waals surface area contributed by atoms with E-state index in [1.165, 1.54) is 18.2 Å². The van der Waals surface area contributed by atoms with Gasteiger partial charge in [-0.2, -0.15) is 0 Å². The number of carboxylic acids is 1. The monoisotopic (exact) mass is 348 g/mol. The highest BCUT2D eigenvalue weighted by Gasteiger charge is 2.18. The van der Waals surface area contributed by atoms with E-state index in [4.69, 9.17) is 0 Å². The fourth-order valence-electron chi connectivity index (χ4n) is 2.13. The zero-order valence-corrected chi connectivity index (χ0v) is 14.1. The third-order valence-corrected chi connectivity index (χ3v) is 4.86. The van der Waals surface area contributed by atoms with Crippen LogP contribution in [0.15, 0.2) is 53.4 Å². The van der Waals surface area contributed by atoms with Gasteiger partial charge in [0.1, 0.15) is 0 Å². The number of nitrogens with one attached hydrogen (secondary N) is 2. The molecule has 0 aliphatic carbocycles. The molecule has 0 radical (unpaired) electrons. The van der Waals surface area contributed by atoms with Crippen LogP contribution in [-0.2, 0) is 16.6 Å². The summed E-state index contributed by atoms with van der Waals surface area (Å²) in [7, 11) is -3.70. The largest absolute Gasteiger partial charge is 0.478 e. The summed E-state index contributed by atoms with van der Waals surface area (Å²) in [6.45, 7) is 2.60. The molecular formula is C17H20N2O4S. The molecule has 7 heteroatoms. The van der Waals surface area contributed by atoms with Gasteiger partial charge in [0.15, 0.2) is 0 Å². The van der Waals surface area contributed by atoms with Crippen molar-refractivity contribution in [2.75, 3.05) is 11.9 Å². The maximum absolute atomic E-state index is 12.1. The Balaban J connectivity index is 2.25.